The van der Waals surface area contributed by atoms with Gasteiger partial charge in [-0.3, -0.25) is 4.79 Å². The zero-order valence-electron chi connectivity index (χ0n) is 14.4. The first-order chi connectivity index (χ1) is 13.8. The number of carbonyl (C=O) groups is 2. The van der Waals surface area contributed by atoms with Gasteiger partial charge in [-0.1, -0.05) is 15.9 Å². The molecule has 0 saturated heterocycles. The fraction of sp³-hybridized carbons (Fsp3) is 0. The summed E-state index contributed by atoms with van der Waals surface area (Å²) in [5.41, 5.74) is 3.20. The molecule has 144 valence electrons. The number of hydrogen-bond acceptors (Lipinski definition) is 7. The van der Waals surface area contributed by atoms with Crippen LogP contribution in [0.25, 0.3) is 21.9 Å². The molecule has 9 heteroatoms. The molecule has 1 amide bonds. The minimum Gasteiger partial charge on any atom is -0.423 e. The van der Waals surface area contributed by atoms with Crippen molar-refractivity contribution in [2.45, 2.75) is 0 Å². The molecule has 0 fully saturated rings. The van der Waals surface area contributed by atoms with Gasteiger partial charge < -0.3 is 19.3 Å². The Morgan fingerprint density at radius 3 is 2.28 bits per heavy atom. The molecular formula is C20H10BrNO7. The second-order valence-electron chi connectivity index (χ2n) is 6.03. The first-order valence-corrected chi connectivity index (χ1v) is 8.94. The second kappa shape index (κ2) is 7.02. The Hall–Kier alpha value is -3.72. The van der Waals surface area contributed by atoms with Gasteiger partial charge >= 0.3 is 17.2 Å². The third kappa shape index (κ3) is 3.55. The first kappa shape index (κ1) is 18.6. The lowest BCUT2D eigenvalue weighted by molar-refractivity contribution is 0.0730. The number of primary amides is 1. The summed E-state index contributed by atoms with van der Waals surface area (Å²) in [6.07, 6.45) is 0. The Labute approximate surface area is 169 Å². The molecule has 0 aliphatic rings. The van der Waals surface area contributed by atoms with E-state index in [1.54, 1.807) is 18.2 Å². The molecule has 0 saturated carbocycles. The summed E-state index contributed by atoms with van der Waals surface area (Å²) in [4.78, 5) is 47.6. The van der Waals surface area contributed by atoms with Gasteiger partial charge in [-0.2, -0.15) is 0 Å². The number of halogens is 1. The Kier molecular flexibility index (Phi) is 4.51. The molecule has 0 aliphatic heterocycles. The fourth-order valence-electron chi connectivity index (χ4n) is 2.73. The molecule has 4 rings (SSSR count). The zero-order chi connectivity index (χ0) is 20.7. The molecule has 0 bridgehead atoms. The number of fused-ring (bicyclic) bond motifs is 2. The summed E-state index contributed by atoms with van der Waals surface area (Å²) in [5, 5.41) is 0.947. The summed E-state index contributed by atoms with van der Waals surface area (Å²) >= 11 is 3.31. The van der Waals surface area contributed by atoms with Crippen LogP contribution in [-0.4, -0.2) is 11.9 Å². The molecule has 8 nitrogen and oxygen atoms in total. The van der Waals surface area contributed by atoms with Gasteiger partial charge in [0.05, 0.1) is 0 Å². The molecule has 0 atom stereocenters. The van der Waals surface area contributed by atoms with Crippen LogP contribution in [0.15, 0.2) is 71.4 Å². The van der Waals surface area contributed by atoms with E-state index in [1.165, 1.54) is 30.3 Å². The van der Waals surface area contributed by atoms with Gasteiger partial charge in [-0.15, -0.1) is 0 Å². The molecule has 2 aromatic heterocycles. The smallest absolute Gasteiger partial charge is 0.351 e. The van der Waals surface area contributed by atoms with Gasteiger partial charge in [0.1, 0.15) is 28.0 Å². The molecule has 0 aliphatic carbocycles. The van der Waals surface area contributed by atoms with Gasteiger partial charge in [-0.05, 0) is 42.5 Å². The van der Waals surface area contributed by atoms with Crippen LogP contribution in [0.3, 0.4) is 0 Å². The molecule has 0 spiro atoms. The predicted molar refractivity (Wildman–Crippen MR) is 106 cm³/mol. The van der Waals surface area contributed by atoms with Crippen LogP contribution >= 0.6 is 15.9 Å². The van der Waals surface area contributed by atoms with Crippen LogP contribution in [0.4, 0.5) is 0 Å². The minimum absolute atomic E-state index is 0.0335. The van der Waals surface area contributed by atoms with Crippen molar-refractivity contribution >= 4 is 49.7 Å². The molecule has 0 unspecified atom stereocenters. The Morgan fingerprint density at radius 2 is 1.52 bits per heavy atom. The van der Waals surface area contributed by atoms with E-state index >= 15 is 0 Å². The standard InChI is InChI=1S/C20H10BrNO7/c21-11-2-4-15-10(5-11)7-14(20(26)28-15)19(25)27-12-3-1-9-6-13(17(22)23)18(24)29-16(9)8-12/h1-8H,(H2,22,23). The third-order valence-electron chi connectivity index (χ3n) is 4.10. The summed E-state index contributed by atoms with van der Waals surface area (Å²) in [5.74, 6) is -1.81. The van der Waals surface area contributed by atoms with Crippen molar-refractivity contribution < 1.29 is 23.2 Å². The molecule has 0 radical (unpaired) electrons. The van der Waals surface area contributed by atoms with Gasteiger partial charge in [0, 0.05) is 21.3 Å². The first-order valence-electron chi connectivity index (χ1n) is 8.15. The lowest BCUT2D eigenvalue weighted by atomic mass is 10.1. The van der Waals surface area contributed by atoms with Gasteiger partial charge in [0.25, 0.3) is 5.91 Å². The molecule has 2 aromatic carbocycles. The van der Waals surface area contributed by atoms with Crippen molar-refractivity contribution in [3.63, 3.8) is 0 Å². The summed E-state index contributed by atoms with van der Waals surface area (Å²) in [6.45, 7) is 0. The number of esters is 1. The van der Waals surface area contributed by atoms with Crippen LogP contribution in [0.2, 0.25) is 0 Å². The lowest BCUT2D eigenvalue weighted by Gasteiger charge is -2.06. The largest absolute Gasteiger partial charge is 0.423 e. The molecule has 2 N–H and O–H groups in total. The maximum Gasteiger partial charge on any atom is 0.351 e. The maximum absolute atomic E-state index is 12.5. The minimum atomic E-state index is -0.934. The van der Waals surface area contributed by atoms with Crippen LogP contribution in [0.1, 0.15) is 20.7 Å². The van der Waals surface area contributed by atoms with Gasteiger partial charge in [0.2, 0.25) is 0 Å². The number of hydrogen-bond donors (Lipinski definition) is 1. The van der Waals surface area contributed by atoms with Crippen LogP contribution in [0.5, 0.6) is 5.75 Å². The van der Waals surface area contributed by atoms with E-state index in [2.05, 4.69) is 15.9 Å². The van der Waals surface area contributed by atoms with Crippen LogP contribution in [0, 0.1) is 0 Å². The summed E-state index contributed by atoms with van der Waals surface area (Å²) in [6, 6.07) is 11.8. The number of ether oxygens (including phenoxy) is 1. The predicted octanol–water partition coefficient (Wildman–Crippen LogP) is 2.98. The topological polar surface area (TPSA) is 130 Å². The van der Waals surface area contributed by atoms with Crippen molar-refractivity contribution in [1.82, 2.24) is 0 Å². The van der Waals surface area contributed by atoms with Crippen LogP contribution in [-0.2, 0) is 0 Å². The number of carbonyl (C=O) groups excluding carboxylic acids is 2. The summed E-state index contributed by atoms with van der Waals surface area (Å²) < 4.78 is 16.2. The highest BCUT2D eigenvalue weighted by molar-refractivity contribution is 9.10. The monoisotopic (exact) mass is 455 g/mol. The van der Waals surface area contributed by atoms with Crippen molar-refractivity contribution in [3.8, 4) is 5.75 Å². The van der Waals surface area contributed by atoms with E-state index in [4.69, 9.17) is 19.3 Å². The van der Waals surface area contributed by atoms with E-state index in [0.717, 1.165) is 4.47 Å². The van der Waals surface area contributed by atoms with Crippen molar-refractivity contribution in [1.29, 1.82) is 0 Å². The van der Waals surface area contributed by atoms with E-state index < -0.39 is 23.1 Å². The van der Waals surface area contributed by atoms with E-state index in [0.29, 0.717) is 16.4 Å². The number of nitrogens with two attached hydrogens (primary N) is 1. The average Bonchev–Trinajstić information content (AvgIpc) is 2.66. The quantitative estimate of drug-likeness (QED) is 0.285. The SMILES string of the molecule is NC(=O)c1cc2ccc(OC(=O)c3cc4cc(Br)ccc4oc3=O)cc2oc1=O. The highest BCUT2D eigenvalue weighted by Gasteiger charge is 2.17. The normalized spacial score (nSPS) is 10.9. The Balaban J connectivity index is 1.70. The summed E-state index contributed by atoms with van der Waals surface area (Å²) in [7, 11) is 0. The van der Waals surface area contributed by atoms with Crippen LogP contribution < -0.4 is 21.7 Å². The van der Waals surface area contributed by atoms with E-state index in [1.807, 2.05) is 0 Å². The average molecular weight is 456 g/mol. The number of amides is 1. The van der Waals surface area contributed by atoms with Crippen molar-refractivity contribution in [2.75, 3.05) is 0 Å². The van der Waals surface area contributed by atoms with E-state index in [-0.39, 0.29) is 22.5 Å². The lowest BCUT2D eigenvalue weighted by Crippen LogP contribution is -2.20. The Bertz CT molecular complexity index is 1430. The molecular weight excluding hydrogens is 446 g/mol. The number of benzene rings is 2. The van der Waals surface area contributed by atoms with Gasteiger partial charge in [-0.25, -0.2) is 14.4 Å². The van der Waals surface area contributed by atoms with Crippen molar-refractivity contribution in [3.05, 3.63) is 85.0 Å². The molecule has 4 aromatic rings. The molecule has 2 heterocycles. The van der Waals surface area contributed by atoms with Gasteiger partial charge in [0.15, 0.2) is 0 Å². The van der Waals surface area contributed by atoms with E-state index in [9.17, 15) is 19.2 Å². The maximum atomic E-state index is 12.5. The second-order valence-corrected chi connectivity index (χ2v) is 6.95. The molecule has 29 heavy (non-hydrogen) atoms. The highest BCUT2D eigenvalue weighted by atomic mass is 79.9. The highest BCUT2D eigenvalue weighted by Crippen LogP contribution is 2.23. The third-order valence-corrected chi connectivity index (χ3v) is 4.59. The zero-order valence-corrected chi connectivity index (χ0v) is 16.0. The Morgan fingerprint density at radius 1 is 0.828 bits per heavy atom. The fourth-order valence-corrected chi connectivity index (χ4v) is 3.10. The van der Waals surface area contributed by atoms with Crippen molar-refractivity contribution in [2.24, 2.45) is 5.73 Å². The number of rotatable bonds is 3.